The fourth-order valence-corrected chi connectivity index (χ4v) is 2.07. The van der Waals surface area contributed by atoms with E-state index in [0.29, 0.717) is 11.4 Å². The zero-order valence-electron chi connectivity index (χ0n) is 10.6. The standard InChI is InChI=1S/C15H14N2OS/c1-19-14-5-2-12(3-6-14)18-13-4-7-15(17)11(10-13)8-9-16/h2-7,10H,8,17H2,1H3. The molecule has 0 aromatic heterocycles. The first kappa shape index (κ1) is 13.3. The molecule has 19 heavy (non-hydrogen) atoms. The average Bonchev–Trinajstić information content (AvgIpc) is 2.44. The molecule has 0 saturated carbocycles. The van der Waals surface area contributed by atoms with Gasteiger partial charge in [0.1, 0.15) is 11.5 Å². The van der Waals surface area contributed by atoms with Crippen LogP contribution in [0.5, 0.6) is 11.5 Å². The van der Waals surface area contributed by atoms with Crippen molar-refractivity contribution >= 4 is 17.4 Å². The van der Waals surface area contributed by atoms with Crippen molar-refractivity contribution in [3.63, 3.8) is 0 Å². The molecule has 0 radical (unpaired) electrons. The summed E-state index contributed by atoms with van der Waals surface area (Å²) >= 11 is 1.69. The smallest absolute Gasteiger partial charge is 0.127 e. The van der Waals surface area contributed by atoms with E-state index in [0.717, 1.165) is 11.3 Å². The monoisotopic (exact) mass is 270 g/mol. The zero-order chi connectivity index (χ0) is 13.7. The zero-order valence-corrected chi connectivity index (χ0v) is 11.4. The van der Waals surface area contributed by atoms with Gasteiger partial charge in [-0.15, -0.1) is 11.8 Å². The molecule has 0 amide bonds. The third kappa shape index (κ3) is 3.43. The number of rotatable bonds is 4. The van der Waals surface area contributed by atoms with Gasteiger partial charge in [0.2, 0.25) is 0 Å². The molecule has 0 saturated heterocycles. The van der Waals surface area contributed by atoms with Crippen LogP contribution in [0.4, 0.5) is 5.69 Å². The lowest BCUT2D eigenvalue weighted by atomic mass is 10.1. The van der Waals surface area contributed by atoms with Gasteiger partial charge >= 0.3 is 0 Å². The molecule has 0 heterocycles. The average molecular weight is 270 g/mol. The highest BCUT2D eigenvalue weighted by Crippen LogP contribution is 2.27. The number of anilines is 1. The van der Waals surface area contributed by atoms with Crippen molar-refractivity contribution in [2.45, 2.75) is 11.3 Å². The molecule has 2 N–H and O–H groups in total. The lowest BCUT2D eigenvalue weighted by molar-refractivity contribution is 0.482. The molecule has 0 aliphatic rings. The van der Waals surface area contributed by atoms with E-state index in [9.17, 15) is 0 Å². The lowest BCUT2D eigenvalue weighted by Crippen LogP contribution is -1.94. The van der Waals surface area contributed by atoms with Crippen LogP contribution in [-0.2, 0) is 6.42 Å². The Labute approximate surface area is 117 Å². The lowest BCUT2D eigenvalue weighted by Gasteiger charge is -2.08. The summed E-state index contributed by atoms with van der Waals surface area (Å²) in [4.78, 5) is 1.19. The van der Waals surface area contributed by atoms with Crippen LogP contribution < -0.4 is 10.5 Å². The van der Waals surface area contributed by atoms with Crippen LogP contribution in [0, 0.1) is 11.3 Å². The summed E-state index contributed by atoms with van der Waals surface area (Å²) in [5.41, 5.74) is 7.21. The van der Waals surface area contributed by atoms with Gasteiger partial charge < -0.3 is 10.5 Å². The molecule has 2 aromatic carbocycles. The van der Waals surface area contributed by atoms with E-state index < -0.39 is 0 Å². The topological polar surface area (TPSA) is 59.0 Å². The number of benzene rings is 2. The van der Waals surface area contributed by atoms with Crippen molar-refractivity contribution in [1.82, 2.24) is 0 Å². The van der Waals surface area contributed by atoms with Crippen molar-refractivity contribution < 1.29 is 4.74 Å². The van der Waals surface area contributed by atoms with Gasteiger partial charge in [-0.1, -0.05) is 0 Å². The molecule has 0 unspecified atom stereocenters. The predicted molar refractivity (Wildman–Crippen MR) is 78.5 cm³/mol. The van der Waals surface area contributed by atoms with Gasteiger partial charge in [-0.25, -0.2) is 0 Å². The van der Waals surface area contributed by atoms with Crippen LogP contribution in [0.15, 0.2) is 47.4 Å². The fraction of sp³-hybridized carbons (Fsp3) is 0.133. The van der Waals surface area contributed by atoms with Crippen molar-refractivity contribution in [3.05, 3.63) is 48.0 Å². The normalized spacial score (nSPS) is 9.89. The Balaban J connectivity index is 2.18. The van der Waals surface area contributed by atoms with Crippen molar-refractivity contribution in [1.29, 1.82) is 5.26 Å². The summed E-state index contributed by atoms with van der Waals surface area (Å²) in [5, 5.41) is 8.73. The quantitative estimate of drug-likeness (QED) is 0.677. The van der Waals surface area contributed by atoms with Crippen LogP contribution in [0.25, 0.3) is 0 Å². The van der Waals surface area contributed by atoms with E-state index in [1.807, 2.05) is 30.5 Å². The minimum absolute atomic E-state index is 0.286. The maximum Gasteiger partial charge on any atom is 0.127 e. The molecule has 0 bridgehead atoms. The Kier molecular flexibility index (Phi) is 4.32. The molecule has 2 aromatic rings. The first-order valence-corrected chi connectivity index (χ1v) is 7.02. The molecule has 0 fully saturated rings. The first-order chi connectivity index (χ1) is 9.22. The Morgan fingerprint density at radius 1 is 1.16 bits per heavy atom. The molecular formula is C15H14N2OS. The summed E-state index contributed by atoms with van der Waals surface area (Å²) in [6, 6.07) is 15.3. The van der Waals surface area contributed by atoms with Crippen LogP contribution in [-0.4, -0.2) is 6.26 Å². The van der Waals surface area contributed by atoms with Crippen LogP contribution in [0.3, 0.4) is 0 Å². The number of hydrogen-bond donors (Lipinski definition) is 1. The third-order valence-corrected chi connectivity index (χ3v) is 3.42. The second-order valence-corrected chi connectivity index (χ2v) is 4.85. The summed E-state index contributed by atoms with van der Waals surface area (Å²) < 4.78 is 5.75. The molecule has 0 aliphatic carbocycles. The fourth-order valence-electron chi connectivity index (χ4n) is 1.66. The second-order valence-electron chi connectivity index (χ2n) is 3.97. The maximum absolute atomic E-state index is 8.73. The third-order valence-electron chi connectivity index (χ3n) is 2.68. The Bertz CT molecular complexity index is 603. The van der Waals surface area contributed by atoms with Gasteiger partial charge in [-0.05, 0) is 54.3 Å². The first-order valence-electron chi connectivity index (χ1n) is 5.80. The highest BCUT2D eigenvalue weighted by Gasteiger charge is 2.03. The van der Waals surface area contributed by atoms with Crippen molar-refractivity contribution in [3.8, 4) is 17.6 Å². The van der Waals surface area contributed by atoms with Gasteiger partial charge in [0.15, 0.2) is 0 Å². The number of nitrogens with zero attached hydrogens (tertiary/aromatic N) is 1. The van der Waals surface area contributed by atoms with E-state index in [1.165, 1.54) is 4.90 Å². The van der Waals surface area contributed by atoms with E-state index in [-0.39, 0.29) is 6.42 Å². The number of ether oxygens (including phenoxy) is 1. The summed E-state index contributed by atoms with van der Waals surface area (Å²) in [6.45, 7) is 0. The second kappa shape index (κ2) is 6.17. The molecule has 2 rings (SSSR count). The maximum atomic E-state index is 8.73. The van der Waals surface area contributed by atoms with Crippen LogP contribution in [0.1, 0.15) is 5.56 Å². The van der Waals surface area contributed by atoms with Crippen molar-refractivity contribution in [2.75, 3.05) is 12.0 Å². The SMILES string of the molecule is CSc1ccc(Oc2ccc(N)c(CC#N)c2)cc1. The molecule has 0 spiro atoms. The van der Waals surface area contributed by atoms with Gasteiger partial charge in [0.05, 0.1) is 12.5 Å². The van der Waals surface area contributed by atoms with Gasteiger partial charge in [0.25, 0.3) is 0 Å². The summed E-state index contributed by atoms with van der Waals surface area (Å²) in [7, 11) is 0. The van der Waals surface area contributed by atoms with E-state index in [2.05, 4.69) is 6.07 Å². The van der Waals surface area contributed by atoms with Gasteiger partial charge in [-0.3, -0.25) is 0 Å². The highest BCUT2D eigenvalue weighted by atomic mass is 32.2. The highest BCUT2D eigenvalue weighted by molar-refractivity contribution is 7.98. The van der Waals surface area contributed by atoms with E-state index in [4.69, 9.17) is 15.7 Å². The van der Waals surface area contributed by atoms with Crippen LogP contribution in [0.2, 0.25) is 0 Å². The largest absolute Gasteiger partial charge is 0.457 e. The summed E-state index contributed by atoms with van der Waals surface area (Å²) in [5.74, 6) is 1.46. The van der Waals surface area contributed by atoms with Crippen molar-refractivity contribution in [2.24, 2.45) is 0 Å². The van der Waals surface area contributed by atoms with E-state index >= 15 is 0 Å². The number of nitrogens with two attached hydrogens (primary N) is 1. The number of nitrogen functional groups attached to an aromatic ring is 1. The molecule has 0 aliphatic heterocycles. The minimum atomic E-state index is 0.286. The number of hydrogen-bond acceptors (Lipinski definition) is 4. The number of nitriles is 1. The Morgan fingerprint density at radius 2 is 1.84 bits per heavy atom. The molecule has 0 atom stereocenters. The Morgan fingerprint density at radius 3 is 2.47 bits per heavy atom. The molecular weight excluding hydrogens is 256 g/mol. The number of thioether (sulfide) groups is 1. The Hall–Kier alpha value is -2.12. The van der Waals surface area contributed by atoms with E-state index in [1.54, 1.807) is 30.0 Å². The summed E-state index contributed by atoms with van der Waals surface area (Å²) in [6.07, 6.45) is 2.32. The molecule has 4 heteroatoms. The molecule has 3 nitrogen and oxygen atoms in total. The van der Waals surface area contributed by atoms with Crippen LogP contribution >= 0.6 is 11.8 Å². The predicted octanol–water partition coefficient (Wildman–Crippen LogP) is 3.85. The van der Waals surface area contributed by atoms with Gasteiger partial charge in [0, 0.05) is 10.6 Å². The minimum Gasteiger partial charge on any atom is -0.457 e. The molecule has 96 valence electrons. The van der Waals surface area contributed by atoms with Gasteiger partial charge in [-0.2, -0.15) is 5.26 Å².